The van der Waals surface area contributed by atoms with Crippen molar-refractivity contribution in [2.24, 2.45) is 0 Å². The molecule has 0 saturated heterocycles. The number of rotatable bonds is 7. The van der Waals surface area contributed by atoms with Gasteiger partial charge in [-0.1, -0.05) is 37.3 Å². The molecule has 2 heterocycles. The van der Waals surface area contributed by atoms with Crippen molar-refractivity contribution in [3.8, 4) is 0 Å². The molecule has 0 fully saturated rings. The number of carbonyl (C=O) groups excluding carboxylic acids is 2. The zero-order valence-electron chi connectivity index (χ0n) is 15.0. The number of carbonyl (C=O) groups is 2. The minimum absolute atomic E-state index is 0.136. The van der Waals surface area contributed by atoms with Gasteiger partial charge in [0.25, 0.3) is 0 Å². The first kappa shape index (κ1) is 18.7. The molecule has 7 nitrogen and oxygen atoms in total. The van der Waals surface area contributed by atoms with Gasteiger partial charge in [-0.2, -0.15) is 4.68 Å². The average Bonchev–Trinajstić information content (AvgIpc) is 3.33. The topological polar surface area (TPSA) is 87.0 Å². The number of benzene rings is 1. The van der Waals surface area contributed by atoms with E-state index in [9.17, 15) is 9.59 Å². The summed E-state index contributed by atoms with van der Waals surface area (Å²) in [4.78, 5) is 26.6. The molecule has 0 aliphatic heterocycles. The van der Waals surface area contributed by atoms with E-state index in [1.54, 1.807) is 19.1 Å². The number of esters is 1. The summed E-state index contributed by atoms with van der Waals surface area (Å²) >= 11 is 1.41. The Bertz CT molecular complexity index is 976. The lowest BCUT2D eigenvalue weighted by atomic mass is 10.2. The summed E-state index contributed by atoms with van der Waals surface area (Å²) in [5, 5.41) is 11.2. The van der Waals surface area contributed by atoms with E-state index >= 15 is 0 Å². The fourth-order valence-electron chi connectivity index (χ4n) is 2.36. The molecular weight excluding hydrogens is 364 g/mol. The van der Waals surface area contributed by atoms with E-state index in [0.29, 0.717) is 10.7 Å². The Labute approximate surface area is 160 Å². The van der Waals surface area contributed by atoms with E-state index in [1.165, 1.54) is 16.0 Å². The smallest absolute Gasteiger partial charge is 0.357 e. The normalized spacial score (nSPS) is 11.4. The quantitative estimate of drug-likeness (QED) is 0.355. The van der Waals surface area contributed by atoms with Crippen molar-refractivity contribution >= 4 is 34.9 Å². The van der Waals surface area contributed by atoms with Crippen LogP contribution in [0.1, 0.15) is 32.9 Å². The molecule has 3 aromatic rings. The van der Waals surface area contributed by atoms with Gasteiger partial charge in [0, 0.05) is 4.88 Å². The molecule has 8 heteroatoms. The molecule has 0 radical (unpaired) electrons. The van der Waals surface area contributed by atoms with E-state index in [2.05, 4.69) is 15.5 Å². The number of hydrogen-bond acceptors (Lipinski definition) is 7. The van der Waals surface area contributed by atoms with Crippen molar-refractivity contribution in [2.75, 3.05) is 6.61 Å². The second-order valence-corrected chi connectivity index (χ2v) is 6.87. The second kappa shape index (κ2) is 8.50. The third-order valence-electron chi connectivity index (χ3n) is 3.78. The van der Waals surface area contributed by atoms with E-state index in [1.807, 2.05) is 43.3 Å². The van der Waals surface area contributed by atoms with Gasteiger partial charge in [0.05, 0.1) is 4.88 Å². The van der Waals surface area contributed by atoms with E-state index in [4.69, 9.17) is 4.74 Å². The molecule has 27 heavy (non-hydrogen) atoms. The zero-order chi connectivity index (χ0) is 19.2. The van der Waals surface area contributed by atoms with Crippen LogP contribution in [0.25, 0.3) is 11.8 Å². The summed E-state index contributed by atoms with van der Waals surface area (Å²) in [6, 6.07) is 12.9. The minimum Gasteiger partial charge on any atom is -0.453 e. The minimum atomic E-state index is -0.671. The van der Waals surface area contributed by atoms with Crippen LogP contribution >= 0.6 is 11.3 Å². The van der Waals surface area contributed by atoms with Crippen LogP contribution in [0.15, 0.2) is 42.5 Å². The first-order valence-electron chi connectivity index (χ1n) is 8.39. The third-order valence-corrected chi connectivity index (χ3v) is 5.06. The monoisotopic (exact) mass is 382 g/mol. The van der Waals surface area contributed by atoms with Gasteiger partial charge in [-0.15, -0.1) is 16.4 Å². The third kappa shape index (κ3) is 4.53. The van der Waals surface area contributed by atoms with Crippen LogP contribution in [0.2, 0.25) is 0 Å². The van der Waals surface area contributed by atoms with Crippen molar-refractivity contribution in [3.63, 3.8) is 0 Å². The maximum atomic E-state index is 12.6. The molecular formula is C19H18N4O3S. The first-order valence-corrected chi connectivity index (χ1v) is 9.21. The van der Waals surface area contributed by atoms with Gasteiger partial charge in [-0.05, 0) is 47.5 Å². The SMILES string of the molecule is CCc1ccc(C(=O)COC(=O)/C(=C/c2ccccc2)n2nnnc2C)s1. The molecule has 3 rings (SSSR count). The highest BCUT2D eigenvalue weighted by Crippen LogP contribution is 2.18. The van der Waals surface area contributed by atoms with Crippen molar-refractivity contribution in [1.29, 1.82) is 0 Å². The summed E-state index contributed by atoms with van der Waals surface area (Å²) in [5.41, 5.74) is 0.924. The molecule has 0 aliphatic rings. The second-order valence-electron chi connectivity index (χ2n) is 5.70. The Morgan fingerprint density at radius 1 is 1.19 bits per heavy atom. The molecule has 0 bridgehead atoms. The van der Waals surface area contributed by atoms with Crippen LogP contribution in [-0.2, 0) is 16.0 Å². The largest absolute Gasteiger partial charge is 0.453 e. The van der Waals surface area contributed by atoms with Crippen LogP contribution in [0, 0.1) is 6.92 Å². The van der Waals surface area contributed by atoms with Crippen LogP contribution in [0.3, 0.4) is 0 Å². The van der Waals surface area contributed by atoms with Crippen molar-refractivity contribution < 1.29 is 14.3 Å². The number of aryl methyl sites for hydroxylation is 2. The molecule has 0 spiro atoms. The predicted molar refractivity (Wildman–Crippen MR) is 102 cm³/mol. The predicted octanol–water partition coefficient (Wildman–Crippen LogP) is 3.03. The maximum absolute atomic E-state index is 12.6. The number of ether oxygens (including phenoxy) is 1. The number of tetrazole rings is 1. The number of ketones is 1. The van der Waals surface area contributed by atoms with Gasteiger partial charge >= 0.3 is 5.97 Å². The maximum Gasteiger partial charge on any atom is 0.357 e. The van der Waals surface area contributed by atoms with Gasteiger partial charge in [0.15, 0.2) is 18.1 Å². The van der Waals surface area contributed by atoms with Crippen molar-refractivity contribution in [3.05, 3.63) is 63.6 Å². The van der Waals surface area contributed by atoms with Crippen LogP contribution in [0.5, 0.6) is 0 Å². The Morgan fingerprint density at radius 3 is 2.59 bits per heavy atom. The van der Waals surface area contributed by atoms with Gasteiger partial charge in [-0.25, -0.2) is 4.79 Å². The fraction of sp³-hybridized carbons (Fsp3) is 0.211. The number of Topliss-reactive ketones (excluding diaryl/α,β-unsaturated/α-hetero) is 1. The van der Waals surface area contributed by atoms with Gasteiger partial charge in [0.2, 0.25) is 5.78 Å². The van der Waals surface area contributed by atoms with Crippen LogP contribution in [0.4, 0.5) is 0 Å². The summed E-state index contributed by atoms with van der Waals surface area (Å²) in [5.74, 6) is -0.471. The number of thiophene rings is 1. The van der Waals surface area contributed by atoms with Crippen molar-refractivity contribution in [2.45, 2.75) is 20.3 Å². The lowest BCUT2D eigenvalue weighted by Crippen LogP contribution is -2.18. The highest BCUT2D eigenvalue weighted by atomic mass is 32.1. The number of hydrogen-bond donors (Lipinski definition) is 0. The Hall–Kier alpha value is -3.13. The summed E-state index contributed by atoms with van der Waals surface area (Å²) < 4.78 is 6.54. The summed E-state index contributed by atoms with van der Waals surface area (Å²) in [6.07, 6.45) is 2.48. The van der Waals surface area contributed by atoms with E-state index in [-0.39, 0.29) is 18.1 Å². The van der Waals surface area contributed by atoms with Crippen molar-refractivity contribution in [1.82, 2.24) is 20.2 Å². The Kier molecular flexibility index (Phi) is 5.87. The summed E-state index contributed by atoms with van der Waals surface area (Å²) in [7, 11) is 0. The van der Waals surface area contributed by atoms with Crippen LogP contribution in [-0.4, -0.2) is 38.6 Å². The molecule has 0 amide bonds. The van der Waals surface area contributed by atoms with E-state index in [0.717, 1.165) is 16.9 Å². The summed E-state index contributed by atoms with van der Waals surface area (Å²) in [6.45, 7) is 3.36. The lowest BCUT2D eigenvalue weighted by Gasteiger charge is -2.08. The molecule has 1 aromatic carbocycles. The highest BCUT2D eigenvalue weighted by molar-refractivity contribution is 7.14. The van der Waals surface area contributed by atoms with Crippen LogP contribution < -0.4 is 0 Å². The van der Waals surface area contributed by atoms with E-state index < -0.39 is 5.97 Å². The zero-order valence-corrected chi connectivity index (χ0v) is 15.8. The molecule has 2 aromatic heterocycles. The lowest BCUT2D eigenvalue weighted by molar-refractivity contribution is -0.136. The molecule has 138 valence electrons. The highest BCUT2D eigenvalue weighted by Gasteiger charge is 2.20. The van der Waals surface area contributed by atoms with Gasteiger partial charge < -0.3 is 4.74 Å². The molecule has 0 aliphatic carbocycles. The Balaban J connectivity index is 1.78. The molecule has 0 N–H and O–H groups in total. The average molecular weight is 382 g/mol. The van der Waals surface area contributed by atoms with Gasteiger partial charge in [-0.3, -0.25) is 4.79 Å². The molecule has 0 atom stereocenters. The first-order chi connectivity index (χ1) is 13.1. The number of nitrogens with zero attached hydrogens (tertiary/aromatic N) is 4. The van der Waals surface area contributed by atoms with Gasteiger partial charge in [0.1, 0.15) is 0 Å². The molecule has 0 unspecified atom stereocenters. The number of aromatic nitrogens is 4. The fourth-order valence-corrected chi connectivity index (χ4v) is 3.23. The molecule has 0 saturated carbocycles. The standard InChI is InChI=1S/C19H18N4O3S/c1-3-15-9-10-18(27-15)17(24)12-26-19(25)16(23-13(2)20-21-22-23)11-14-7-5-4-6-8-14/h4-11H,3,12H2,1-2H3/b16-11-. The Morgan fingerprint density at radius 2 is 1.96 bits per heavy atom.